The van der Waals surface area contributed by atoms with Crippen molar-refractivity contribution in [3.8, 4) is 0 Å². The summed E-state index contributed by atoms with van der Waals surface area (Å²) in [5.41, 5.74) is 2.50. The standard InChI is InChI=1S/C15H19N5/c1-12-9-16-15(19-12)17-10-13-3-5-14(6-4-13)11-20-8-2-7-18-20/h2-8,12H,9-11H2,1H3,(H2,16,17,19). The molecular weight excluding hydrogens is 250 g/mol. The van der Waals surface area contributed by atoms with E-state index >= 15 is 0 Å². The lowest BCUT2D eigenvalue weighted by molar-refractivity contribution is 0.686. The molecule has 0 spiro atoms. The molecule has 5 heteroatoms. The fourth-order valence-corrected chi connectivity index (χ4v) is 2.19. The molecule has 0 saturated carbocycles. The van der Waals surface area contributed by atoms with Crippen molar-refractivity contribution in [2.45, 2.75) is 26.1 Å². The van der Waals surface area contributed by atoms with E-state index in [1.54, 1.807) is 6.20 Å². The van der Waals surface area contributed by atoms with Crippen LogP contribution in [0.1, 0.15) is 18.1 Å². The minimum absolute atomic E-state index is 0.439. The molecular formula is C15H19N5. The maximum atomic E-state index is 4.38. The molecule has 5 nitrogen and oxygen atoms in total. The maximum Gasteiger partial charge on any atom is 0.191 e. The van der Waals surface area contributed by atoms with Crippen molar-refractivity contribution < 1.29 is 0 Å². The lowest BCUT2D eigenvalue weighted by Gasteiger charge is -2.09. The van der Waals surface area contributed by atoms with Gasteiger partial charge in [-0.2, -0.15) is 5.10 Å². The molecule has 2 aromatic rings. The molecule has 1 aliphatic heterocycles. The summed E-state index contributed by atoms with van der Waals surface area (Å²) in [5, 5.41) is 10.8. The number of rotatable bonds is 4. The largest absolute Gasteiger partial charge is 0.352 e. The van der Waals surface area contributed by atoms with Crippen molar-refractivity contribution >= 4 is 5.96 Å². The van der Waals surface area contributed by atoms with E-state index in [9.17, 15) is 0 Å². The monoisotopic (exact) mass is 269 g/mol. The molecule has 1 unspecified atom stereocenters. The molecule has 1 aromatic carbocycles. The smallest absolute Gasteiger partial charge is 0.191 e. The summed E-state index contributed by atoms with van der Waals surface area (Å²) in [6, 6.07) is 11.0. The zero-order valence-corrected chi connectivity index (χ0v) is 11.6. The topological polar surface area (TPSA) is 54.2 Å². The first kappa shape index (κ1) is 12.7. The molecule has 0 fully saturated rings. The zero-order valence-electron chi connectivity index (χ0n) is 11.6. The van der Waals surface area contributed by atoms with Crippen LogP contribution in [0.2, 0.25) is 0 Å². The first-order chi connectivity index (χ1) is 9.79. The van der Waals surface area contributed by atoms with E-state index in [1.807, 2.05) is 16.9 Å². The Kier molecular flexibility index (Phi) is 3.67. The highest BCUT2D eigenvalue weighted by Gasteiger charge is 2.11. The van der Waals surface area contributed by atoms with Gasteiger partial charge in [0.2, 0.25) is 0 Å². The third-order valence-electron chi connectivity index (χ3n) is 3.29. The third kappa shape index (κ3) is 3.17. The van der Waals surface area contributed by atoms with Crippen LogP contribution in [-0.2, 0) is 13.1 Å². The van der Waals surface area contributed by atoms with Crippen molar-refractivity contribution in [1.82, 2.24) is 20.4 Å². The number of aromatic nitrogens is 2. The predicted octanol–water partition coefficient (Wildman–Crippen LogP) is 1.37. The van der Waals surface area contributed by atoms with Crippen molar-refractivity contribution in [2.24, 2.45) is 4.99 Å². The van der Waals surface area contributed by atoms with E-state index in [4.69, 9.17) is 0 Å². The van der Waals surface area contributed by atoms with E-state index < -0.39 is 0 Å². The van der Waals surface area contributed by atoms with Gasteiger partial charge in [0, 0.05) is 25.0 Å². The third-order valence-corrected chi connectivity index (χ3v) is 3.29. The lowest BCUT2D eigenvalue weighted by atomic mass is 10.1. The van der Waals surface area contributed by atoms with Crippen LogP contribution in [0.25, 0.3) is 0 Å². The molecule has 1 aliphatic rings. The fraction of sp³-hybridized carbons (Fsp3) is 0.333. The molecule has 0 radical (unpaired) electrons. The Hall–Kier alpha value is -2.30. The van der Waals surface area contributed by atoms with Gasteiger partial charge in [-0.15, -0.1) is 0 Å². The fourth-order valence-electron chi connectivity index (χ4n) is 2.19. The van der Waals surface area contributed by atoms with Gasteiger partial charge in [0.1, 0.15) is 0 Å². The average Bonchev–Trinajstić information content (AvgIpc) is 3.10. The van der Waals surface area contributed by atoms with E-state index in [0.717, 1.165) is 25.6 Å². The van der Waals surface area contributed by atoms with Gasteiger partial charge in [-0.3, -0.25) is 9.67 Å². The van der Waals surface area contributed by atoms with Gasteiger partial charge in [-0.1, -0.05) is 24.3 Å². The van der Waals surface area contributed by atoms with E-state index in [2.05, 4.69) is 51.9 Å². The van der Waals surface area contributed by atoms with Gasteiger partial charge >= 0.3 is 0 Å². The normalized spacial score (nSPS) is 17.6. The number of nitrogens with zero attached hydrogens (tertiary/aromatic N) is 3. The first-order valence-electron chi connectivity index (χ1n) is 6.90. The second kappa shape index (κ2) is 5.77. The summed E-state index contributed by atoms with van der Waals surface area (Å²) in [6.45, 7) is 4.58. The highest BCUT2D eigenvalue weighted by Crippen LogP contribution is 2.06. The Morgan fingerprint density at radius 1 is 1.30 bits per heavy atom. The molecule has 3 rings (SSSR count). The van der Waals surface area contributed by atoms with Crippen LogP contribution in [0, 0.1) is 0 Å². The quantitative estimate of drug-likeness (QED) is 0.881. The minimum atomic E-state index is 0.439. The van der Waals surface area contributed by atoms with Crippen LogP contribution in [-0.4, -0.2) is 28.3 Å². The van der Waals surface area contributed by atoms with Gasteiger partial charge in [-0.25, -0.2) is 0 Å². The van der Waals surface area contributed by atoms with Crippen LogP contribution < -0.4 is 10.6 Å². The van der Waals surface area contributed by atoms with Crippen LogP contribution in [0.15, 0.2) is 47.7 Å². The number of guanidine groups is 1. The molecule has 104 valence electrons. The molecule has 20 heavy (non-hydrogen) atoms. The number of benzene rings is 1. The molecule has 1 atom stereocenters. The predicted molar refractivity (Wildman–Crippen MR) is 79.5 cm³/mol. The Balaban J connectivity index is 1.53. The Labute approximate surface area is 118 Å². The Morgan fingerprint density at radius 2 is 2.10 bits per heavy atom. The van der Waals surface area contributed by atoms with Crippen molar-refractivity contribution in [2.75, 3.05) is 6.54 Å². The zero-order chi connectivity index (χ0) is 13.8. The number of nitrogens with one attached hydrogen (secondary N) is 2. The lowest BCUT2D eigenvalue weighted by Crippen LogP contribution is -2.37. The van der Waals surface area contributed by atoms with Crippen LogP contribution in [0.3, 0.4) is 0 Å². The van der Waals surface area contributed by atoms with E-state index in [1.165, 1.54) is 11.1 Å². The second-order valence-corrected chi connectivity index (χ2v) is 5.11. The molecule has 0 amide bonds. The second-order valence-electron chi connectivity index (χ2n) is 5.11. The van der Waals surface area contributed by atoms with Gasteiger partial charge < -0.3 is 10.6 Å². The summed E-state index contributed by atoms with van der Waals surface area (Å²) in [5.74, 6) is 0.901. The molecule has 2 heterocycles. The average molecular weight is 269 g/mol. The van der Waals surface area contributed by atoms with Gasteiger partial charge in [0.05, 0.1) is 13.1 Å². The molecule has 1 aromatic heterocycles. The summed E-state index contributed by atoms with van der Waals surface area (Å²) in [6.07, 6.45) is 3.77. The van der Waals surface area contributed by atoms with Crippen molar-refractivity contribution in [3.63, 3.8) is 0 Å². The van der Waals surface area contributed by atoms with Gasteiger partial charge in [-0.05, 0) is 24.1 Å². The molecule has 0 saturated heterocycles. The van der Waals surface area contributed by atoms with Crippen LogP contribution >= 0.6 is 0 Å². The SMILES string of the molecule is CC1CN=C(NCc2ccc(Cn3cccn3)cc2)N1. The highest BCUT2D eigenvalue weighted by atomic mass is 15.3. The summed E-state index contributed by atoms with van der Waals surface area (Å²) < 4.78 is 1.92. The summed E-state index contributed by atoms with van der Waals surface area (Å²) in [4.78, 5) is 4.38. The summed E-state index contributed by atoms with van der Waals surface area (Å²) in [7, 11) is 0. The number of hydrogen-bond acceptors (Lipinski definition) is 4. The van der Waals surface area contributed by atoms with Gasteiger partial charge in [0.25, 0.3) is 0 Å². The summed E-state index contributed by atoms with van der Waals surface area (Å²) >= 11 is 0. The van der Waals surface area contributed by atoms with Crippen LogP contribution in [0.4, 0.5) is 0 Å². The minimum Gasteiger partial charge on any atom is -0.352 e. The van der Waals surface area contributed by atoms with Gasteiger partial charge in [0.15, 0.2) is 5.96 Å². The number of aliphatic imine (C=N–C) groups is 1. The molecule has 2 N–H and O–H groups in total. The van der Waals surface area contributed by atoms with Crippen molar-refractivity contribution in [3.05, 3.63) is 53.9 Å². The maximum absolute atomic E-state index is 4.38. The van der Waals surface area contributed by atoms with E-state index in [0.29, 0.717) is 6.04 Å². The van der Waals surface area contributed by atoms with Crippen LogP contribution in [0.5, 0.6) is 0 Å². The Morgan fingerprint density at radius 3 is 2.75 bits per heavy atom. The first-order valence-corrected chi connectivity index (χ1v) is 6.90. The Bertz CT molecular complexity index is 571. The molecule has 0 aliphatic carbocycles. The highest BCUT2D eigenvalue weighted by molar-refractivity contribution is 5.81. The van der Waals surface area contributed by atoms with E-state index in [-0.39, 0.29) is 0 Å². The number of hydrogen-bond donors (Lipinski definition) is 2. The molecule has 0 bridgehead atoms. The van der Waals surface area contributed by atoms with Crippen molar-refractivity contribution in [1.29, 1.82) is 0 Å².